The van der Waals surface area contributed by atoms with Gasteiger partial charge in [0.05, 0.1) is 0 Å². The summed E-state index contributed by atoms with van der Waals surface area (Å²) in [5.41, 5.74) is 1.18. The van der Waals surface area contributed by atoms with Gasteiger partial charge in [-0.1, -0.05) is 30.3 Å². The minimum atomic E-state index is 0.0983. The monoisotopic (exact) mass is 172 g/mol. The number of hydrogen-bond acceptors (Lipinski definition) is 1. The van der Waals surface area contributed by atoms with E-state index >= 15 is 0 Å². The molecule has 2 heteroatoms. The molecule has 0 amide bonds. The molecule has 1 rings (SSSR count). The number of halogens is 1. The predicted octanol–water partition coefficient (Wildman–Crippen LogP) is 3.29. The Labute approximate surface area is 70.6 Å². The Morgan fingerprint density at radius 1 is 1.30 bits per heavy atom. The van der Waals surface area contributed by atoms with Gasteiger partial charge < -0.3 is 0 Å². The highest BCUT2D eigenvalue weighted by atomic mass is 35.5. The van der Waals surface area contributed by atoms with Crippen molar-refractivity contribution in [2.75, 3.05) is 6.26 Å². The third kappa shape index (κ3) is 1.93. The summed E-state index contributed by atoms with van der Waals surface area (Å²) in [6.45, 7) is 0. The zero-order chi connectivity index (χ0) is 7.40. The molecular weight excluding hydrogens is 164 g/mol. The SMILES string of the molecule is CSC(Cl)c1ccccc1. The second-order valence-electron chi connectivity index (χ2n) is 1.96. The molecule has 1 atom stereocenters. The summed E-state index contributed by atoms with van der Waals surface area (Å²) in [5, 5.41) is 0. The highest BCUT2D eigenvalue weighted by Gasteiger charge is 2.02. The molecule has 0 aliphatic rings. The molecule has 0 aromatic heterocycles. The van der Waals surface area contributed by atoms with Crippen LogP contribution in [-0.4, -0.2) is 6.26 Å². The Bertz CT molecular complexity index is 186. The van der Waals surface area contributed by atoms with Crippen molar-refractivity contribution in [3.05, 3.63) is 35.9 Å². The first-order valence-electron chi connectivity index (χ1n) is 3.06. The van der Waals surface area contributed by atoms with Crippen LogP contribution in [0, 0.1) is 0 Å². The van der Waals surface area contributed by atoms with E-state index in [1.165, 1.54) is 5.56 Å². The molecule has 0 aliphatic heterocycles. The molecule has 0 saturated heterocycles. The second kappa shape index (κ2) is 3.89. The summed E-state index contributed by atoms with van der Waals surface area (Å²) in [6, 6.07) is 10.1. The molecule has 0 nitrogen and oxygen atoms in total. The van der Waals surface area contributed by atoms with E-state index in [2.05, 4.69) is 0 Å². The van der Waals surface area contributed by atoms with Gasteiger partial charge in [0.1, 0.15) is 4.71 Å². The molecular formula is C8H9ClS. The minimum Gasteiger partial charge on any atom is -0.141 e. The van der Waals surface area contributed by atoms with Gasteiger partial charge in [-0.3, -0.25) is 0 Å². The van der Waals surface area contributed by atoms with Gasteiger partial charge in [-0.15, -0.1) is 23.4 Å². The number of benzene rings is 1. The summed E-state index contributed by atoms with van der Waals surface area (Å²) in [7, 11) is 0. The molecule has 10 heavy (non-hydrogen) atoms. The largest absolute Gasteiger partial charge is 0.141 e. The van der Waals surface area contributed by atoms with Crippen LogP contribution >= 0.6 is 23.4 Å². The van der Waals surface area contributed by atoms with Crippen molar-refractivity contribution in [1.29, 1.82) is 0 Å². The van der Waals surface area contributed by atoms with Crippen LogP contribution in [0.3, 0.4) is 0 Å². The summed E-state index contributed by atoms with van der Waals surface area (Å²) in [4.78, 5) is 0. The smallest absolute Gasteiger partial charge is 0.104 e. The quantitative estimate of drug-likeness (QED) is 0.617. The van der Waals surface area contributed by atoms with E-state index < -0.39 is 0 Å². The van der Waals surface area contributed by atoms with E-state index in [1.54, 1.807) is 11.8 Å². The lowest BCUT2D eigenvalue weighted by Crippen LogP contribution is -1.81. The van der Waals surface area contributed by atoms with Crippen molar-refractivity contribution in [2.24, 2.45) is 0 Å². The van der Waals surface area contributed by atoms with Crippen LogP contribution in [0.4, 0.5) is 0 Å². The highest BCUT2D eigenvalue weighted by Crippen LogP contribution is 2.29. The van der Waals surface area contributed by atoms with Gasteiger partial charge in [0.15, 0.2) is 0 Å². The molecule has 1 aromatic rings. The van der Waals surface area contributed by atoms with Gasteiger partial charge >= 0.3 is 0 Å². The maximum absolute atomic E-state index is 5.95. The maximum Gasteiger partial charge on any atom is 0.104 e. The van der Waals surface area contributed by atoms with E-state index in [0.29, 0.717) is 0 Å². The number of hydrogen-bond donors (Lipinski definition) is 0. The molecule has 54 valence electrons. The summed E-state index contributed by atoms with van der Waals surface area (Å²) < 4.78 is 0.0983. The fraction of sp³-hybridized carbons (Fsp3) is 0.250. The molecule has 0 bridgehead atoms. The summed E-state index contributed by atoms with van der Waals surface area (Å²) >= 11 is 7.60. The number of alkyl halides is 1. The Balaban J connectivity index is 2.75. The first-order chi connectivity index (χ1) is 4.84. The molecule has 1 unspecified atom stereocenters. The zero-order valence-corrected chi connectivity index (χ0v) is 7.32. The van der Waals surface area contributed by atoms with Crippen LogP contribution < -0.4 is 0 Å². The lowest BCUT2D eigenvalue weighted by molar-refractivity contribution is 1.37. The van der Waals surface area contributed by atoms with Crippen LogP contribution in [0.1, 0.15) is 10.3 Å². The van der Waals surface area contributed by atoms with Gasteiger partial charge in [-0.25, -0.2) is 0 Å². The van der Waals surface area contributed by atoms with E-state index in [9.17, 15) is 0 Å². The summed E-state index contributed by atoms with van der Waals surface area (Å²) in [6.07, 6.45) is 2.00. The average molecular weight is 173 g/mol. The van der Waals surface area contributed by atoms with Crippen molar-refractivity contribution in [3.8, 4) is 0 Å². The molecule has 0 saturated carbocycles. The standard InChI is InChI=1S/C8H9ClS/c1-10-8(9)7-5-3-2-4-6-7/h2-6,8H,1H3. The molecule has 0 fully saturated rings. The van der Waals surface area contributed by atoms with Crippen molar-refractivity contribution in [2.45, 2.75) is 4.71 Å². The Morgan fingerprint density at radius 3 is 2.40 bits per heavy atom. The normalized spacial score (nSPS) is 13.0. The lowest BCUT2D eigenvalue weighted by Gasteiger charge is -2.03. The molecule has 0 heterocycles. The third-order valence-corrected chi connectivity index (χ3v) is 2.74. The van der Waals surface area contributed by atoms with Crippen LogP contribution in [0.25, 0.3) is 0 Å². The van der Waals surface area contributed by atoms with E-state index in [-0.39, 0.29) is 4.71 Å². The first kappa shape index (κ1) is 7.96. The number of rotatable bonds is 2. The van der Waals surface area contributed by atoms with Gasteiger partial charge in [0.2, 0.25) is 0 Å². The minimum absolute atomic E-state index is 0.0983. The van der Waals surface area contributed by atoms with E-state index in [0.717, 1.165) is 0 Å². The Morgan fingerprint density at radius 2 is 1.90 bits per heavy atom. The topological polar surface area (TPSA) is 0 Å². The van der Waals surface area contributed by atoms with Crippen LogP contribution in [-0.2, 0) is 0 Å². The Hall–Kier alpha value is -0.140. The van der Waals surface area contributed by atoms with Crippen molar-refractivity contribution >= 4 is 23.4 Å². The second-order valence-corrected chi connectivity index (χ2v) is 3.60. The van der Waals surface area contributed by atoms with E-state index in [1.807, 2.05) is 36.6 Å². The van der Waals surface area contributed by atoms with Crippen molar-refractivity contribution in [1.82, 2.24) is 0 Å². The average Bonchev–Trinajstić information content (AvgIpc) is 2.05. The van der Waals surface area contributed by atoms with Gasteiger partial charge in [0, 0.05) is 0 Å². The molecule has 0 aliphatic carbocycles. The van der Waals surface area contributed by atoms with Gasteiger partial charge in [0.25, 0.3) is 0 Å². The Kier molecular flexibility index (Phi) is 3.10. The fourth-order valence-electron chi connectivity index (χ4n) is 0.740. The van der Waals surface area contributed by atoms with Crippen LogP contribution in [0.15, 0.2) is 30.3 Å². The molecule has 0 spiro atoms. The fourth-order valence-corrected chi connectivity index (χ4v) is 1.32. The highest BCUT2D eigenvalue weighted by molar-refractivity contribution is 7.99. The molecule has 0 N–H and O–H groups in total. The van der Waals surface area contributed by atoms with Crippen molar-refractivity contribution < 1.29 is 0 Å². The van der Waals surface area contributed by atoms with Gasteiger partial charge in [-0.2, -0.15) is 0 Å². The van der Waals surface area contributed by atoms with Crippen LogP contribution in [0.5, 0.6) is 0 Å². The summed E-state index contributed by atoms with van der Waals surface area (Å²) in [5.74, 6) is 0. The van der Waals surface area contributed by atoms with Gasteiger partial charge in [-0.05, 0) is 11.8 Å². The first-order valence-corrected chi connectivity index (χ1v) is 4.79. The molecule has 1 aromatic carbocycles. The zero-order valence-electron chi connectivity index (χ0n) is 5.75. The molecule has 0 radical (unpaired) electrons. The lowest BCUT2D eigenvalue weighted by atomic mass is 10.2. The maximum atomic E-state index is 5.95. The predicted molar refractivity (Wildman–Crippen MR) is 48.6 cm³/mol. The van der Waals surface area contributed by atoms with E-state index in [4.69, 9.17) is 11.6 Å². The third-order valence-electron chi connectivity index (χ3n) is 1.27. The van der Waals surface area contributed by atoms with Crippen molar-refractivity contribution in [3.63, 3.8) is 0 Å². The van der Waals surface area contributed by atoms with Crippen LogP contribution in [0.2, 0.25) is 0 Å². The number of thioether (sulfide) groups is 1.